The number of carbonyl (C=O) groups excluding carboxylic acids is 2. The molecule has 1 saturated carbocycles. The molecule has 4 nitrogen and oxygen atoms in total. The molecular weight excluding hydrogens is 348 g/mol. The molecule has 2 aromatic rings. The second kappa shape index (κ2) is 7.12. The number of carbonyl (C=O) groups is 2. The number of nitrogens with one attached hydrogen (secondary N) is 1. The lowest BCUT2D eigenvalue weighted by Crippen LogP contribution is -2.33. The zero-order chi connectivity index (χ0) is 18.1. The second-order valence-electron chi connectivity index (χ2n) is 7.03. The third-order valence-electron chi connectivity index (χ3n) is 5.29. The minimum Gasteiger partial charge on any atom is -0.322 e. The number of halogens is 1. The summed E-state index contributed by atoms with van der Waals surface area (Å²) in [5.74, 6) is 0.254. The molecule has 5 heteroatoms. The molecule has 1 N–H and O–H groups in total. The normalized spacial score (nSPS) is 16.6. The SMILES string of the molecule is O=C(Nc1ccc2c(c1)CCN2C(=O)C1CCCC1)c1cccc(Cl)c1. The van der Waals surface area contributed by atoms with E-state index in [1.807, 2.05) is 23.1 Å². The average molecular weight is 369 g/mol. The van der Waals surface area contributed by atoms with Crippen molar-refractivity contribution < 1.29 is 9.59 Å². The number of rotatable bonds is 3. The molecule has 0 radical (unpaired) electrons. The lowest BCUT2D eigenvalue weighted by Gasteiger charge is -2.21. The molecule has 1 heterocycles. The van der Waals surface area contributed by atoms with Crippen molar-refractivity contribution in [2.75, 3.05) is 16.8 Å². The summed E-state index contributed by atoms with van der Waals surface area (Å²) in [6.07, 6.45) is 5.17. The van der Waals surface area contributed by atoms with Gasteiger partial charge in [0.2, 0.25) is 5.91 Å². The van der Waals surface area contributed by atoms with Crippen LogP contribution in [-0.2, 0) is 11.2 Å². The van der Waals surface area contributed by atoms with Crippen LogP contribution >= 0.6 is 11.6 Å². The van der Waals surface area contributed by atoms with E-state index >= 15 is 0 Å². The molecule has 0 unspecified atom stereocenters. The first kappa shape index (κ1) is 17.1. The highest BCUT2D eigenvalue weighted by atomic mass is 35.5. The van der Waals surface area contributed by atoms with Crippen molar-refractivity contribution in [3.63, 3.8) is 0 Å². The van der Waals surface area contributed by atoms with E-state index in [1.165, 1.54) is 0 Å². The minimum atomic E-state index is -0.190. The van der Waals surface area contributed by atoms with Crippen LogP contribution in [0.15, 0.2) is 42.5 Å². The van der Waals surface area contributed by atoms with Crippen molar-refractivity contribution in [2.24, 2.45) is 5.92 Å². The molecule has 2 amide bonds. The van der Waals surface area contributed by atoms with Crippen LogP contribution in [0.5, 0.6) is 0 Å². The first-order valence-corrected chi connectivity index (χ1v) is 9.51. The van der Waals surface area contributed by atoms with Crippen molar-refractivity contribution in [2.45, 2.75) is 32.1 Å². The summed E-state index contributed by atoms with van der Waals surface area (Å²) in [6, 6.07) is 12.7. The Balaban J connectivity index is 1.49. The summed E-state index contributed by atoms with van der Waals surface area (Å²) >= 11 is 5.95. The summed E-state index contributed by atoms with van der Waals surface area (Å²) in [5, 5.41) is 3.45. The van der Waals surface area contributed by atoms with Crippen LogP contribution in [0.3, 0.4) is 0 Å². The Bertz CT molecular complexity index is 859. The maximum Gasteiger partial charge on any atom is 0.255 e. The Morgan fingerprint density at radius 1 is 1.08 bits per heavy atom. The standard InChI is InChI=1S/C21H21ClN2O2/c22-17-7-3-6-16(12-17)20(25)23-18-8-9-19-15(13-18)10-11-24(19)21(26)14-4-1-2-5-14/h3,6-9,12-14H,1-2,4-5,10-11H2,(H,23,25). The van der Waals surface area contributed by atoms with Crippen LogP contribution in [0.1, 0.15) is 41.6 Å². The predicted molar refractivity (Wildman–Crippen MR) is 104 cm³/mol. The maximum atomic E-state index is 12.7. The van der Waals surface area contributed by atoms with Crippen LogP contribution < -0.4 is 10.2 Å². The van der Waals surface area contributed by atoms with Gasteiger partial charge in [-0.2, -0.15) is 0 Å². The van der Waals surface area contributed by atoms with Crippen molar-refractivity contribution in [3.8, 4) is 0 Å². The predicted octanol–water partition coefficient (Wildman–Crippen LogP) is 4.67. The molecule has 2 aromatic carbocycles. The second-order valence-corrected chi connectivity index (χ2v) is 7.47. The monoisotopic (exact) mass is 368 g/mol. The summed E-state index contributed by atoms with van der Waals surface area (Å²) < 4.78 is 0. The van der Waals surface area contributed by atoms with Gasteiger partial charge in [-0.3, -0.25) is 9.59 Å². The van der Waals surface area contributed by atoms with Gasteiger partial charge >= 0.3 is 0 Å². The van der Waals surface area contributed by atoms with E-state index in [2.05, 4.69) is 5.32 Å². The number of hydrogen-bond donors (Lipinski definition) is 1. The average Bonchev–Trinajstić information content (AvgIpc) is 3.31. The van der Waals surface area contributed by atoms with E-state index in [4.69, 9.17) is 11.6 Å². The number of anilines is 2. The van der Waals surface area contributed by atoms with Crippen LogP contribution in [-0.4, -0.2) is 18.4 Å². The number of benzene rings is 2. The Morgan fingerprint density at radius 3 is 2.65 bits per heavy atom. The van der Waals surface area contributed by atoms with Gasteiger partial charge in [-0.15, -0.1) is 0 Å². The largest absolute Gasteiger partial charge is 0.322 e. The van der Waals surface area contributed by atoms with Gasteiger partial charge in [-0.25, -0.2) is 0 Å². The molecule has 0 saturated heterocycles. The van der Waals surface area contributed by atoms with E-state index in [0.29, 0.717) is 10.6 Å². The molecular formula is C21H21ClN2O2. The van der Waals surface area contributed by atoms with Crippen molar-refractivity contribution >= 4 is 34.8 Å². The van der Waals surface area contributed by atoms with Crippen molar-refractivity contribution in [3.05, 3.63) is 58.6 Å². The Kier molecular flexibility index (Phi) is 4.68. The first-order chi connectivity index (χ1) is 12.6. The fourth-order valence-corrected chi connectivity index (χ4v) is 4.12. The van der Waals surface area contributed by atoms with Crippen LogP contribution in [0.4, 0.5) is 11.4 Å². The van der Waals surface area contributed by atoms with Gasteiger partial charge in [0, 0.05) is 34.4 Å². The molecule has 0 bridgehead atoms. The fourth-order valence-electron chi connectivity index (χ4n) is 3.93. The summed E-state index contributed by atoms with van der Waals surface area (Å²) in [4.78, 5) is 27.0. The molecule has 134 valence electrons. The van der Waals surface area contributed by atoms with Gasteiger partial charge in [0.15, 0.2) is 0 Å². The van der Waals surface area contributed by atoms with E-state index in [9.17, 15) is 9.59 Å². The number of fused-ring (bicyclic) bond motifs is 1. The summed E-state index contributed by atoms with van der Waals surface area (Å²) in [7, 11) is 0. The molecule has 26 heavy (non-hydrogen) atoms. The molecule has 2 aliphatic rings. The van der Waals surface area contributed by atoms with Crippen LogP contribution in [0, 0.1) is 5.92 Å². The molecule has 1 aliphatic heterocycles. The summed E-state index contributed by atoms with van der Waals surface area (Å²) in [5.41, 5.74) is 3.36. The Morgan fingerprint density at radius 2 is 1.88 bits per heavy atom. The van der Waals surface area contributed by atoms with Crippen LogP contribution in [0.25, 0.3) is 0 Å². The van der Waals surface area contributed by atoms with E-state index < -0.39 is 0 Å². The van der Waals surface area contributed by atoms with Crippen LogP contribution in [0.2, 0.25) is 5.02 Å². The smallest absolute Gasteiger partial charge is 0.255 e. The van der Waals surface area contributed by atoms with Gasteiger partial charge < -0.3 is 10.2 Å². The third-order valence-corrected chi connectivity index (χ3v) is 5.53. The molecule has 0 atom stereocenters. The molecule has 1 aliphatic carbocycles. The van der Waals surface area contributed by atoms with Gasteiger partial charge in [0.1, 0.15) is 0 Å². The maximum absolute atomic E-state index is 12.7. The number of nitrogens with zero attached hydrogens (tertiary/aromatic N) is 1. The van der Waals surface area contributed by atoms with Crippen molar-refractivity contribution in [1.82, 2.24) is 0 Å². The highest BCUT2D eigenvalue weighted by Gasteiger charge is 2.31. The number of hydrogen-bond acceptors (Lipinski definition) is 2. The van der Waals surface area contributed by atoms with E-state index in [1.54, 1.807) is 24.3 Å². The highest BCUT2D eigenvalue weighted by molar-refractivity contribution is 6.31. The molecule has 0 aromatic heterocycles. The molecule has 0 spiro atoms. The minimum absolute atomic E-state index is 0.183. The Labute approximate surface area is 158 Å². The Hall–Kier alpha value is -2.33. The van der Waals surface area contributed by atoms with Crippen molar-refractivity contribution in [1.29, 1.82) is 0 Å². The third kappa shape index (κ3) is 3.34. The lowest BCUT2D eigenvalue weighted by molar-refractivity contribution is -0.122. The molecule has 1 fully saturated rings. The van der Waals surface area contributed by atoms with Gasteiger partial charge in [0.05, 0.1) is 0 Å². The topological polar surface area (TPSA) is 49.4 Å². The molecule has 4 rings (SSSR count). The highest BCUT2D eigenvalue weighted by Crippen LogP contribution is 2.35. The quantitative estimate of drug-likeness (QED) is 0.855. The zero-order valence-electron chi connectivity index (χ0n) is 14.5. The number of amides is 2. The summed E-state index contributed by atoms with van der Waals surface area (Å²) in [6.45, 7) is 0.732. The van der Waals surface area contributed by atoms with E-state index in [-0.39, 0.29) is 17.7 Å². The zero-order valence-corrected chi connectivity index (χ0v) is 15.3. The lowest BCUT2D eigenvalue weighted by atomic mass is 10.1. The fraction of sp³-hybridized carbons (Fsp3) is 0.333. The van der Waals surface area contributed by atoms with E-state index in [0.717, 1.165) is 55.6 Å². The first-order valence-electron chi connectivity index (χ1n) is 9.13. The van der Waals surface area contributed by atoms with Gasteiger partial charge in [-0.1, -0.05) is 30.5 Å². The van der Waals surface area contributed by atoms with Gasteiger partial charge in [0.25, 0.3) is 5.91 Å². The van der Waals surface area contributed by atoms with Gasteiger partial charge in [-0.05, 0) is 61.2 Å².